The molecule has 7 heteroatoms. The van der Waals surface area contributed by atoms with Crippen LogP contribution in [-0.2, 0) is 4.79 Å². The van der Waals surface area contributed by atoms with Gasteiger partial charge in [0.25, 0.3) is 0 Å². The Bertz CT molecular complexity index is 386. The number of rotatable bonds is 13. The highest BCUT2D eigenvalue weighted by atomic mass is 127. The lowest BCUT2D eigenvalue weighted by atomic mass is 10.3. The normalized spacial score (nSPS) is 14.7. The maximum Gasteiger partial charge on any atom is 0.222 e. The van der Waals surface area contributed by atoms with E-state index in [2.05, 4.69) is 41.3 Å². The van der Waals surface area contributed by atoms with Gasteiger partial charge in [0.15, 0.2) is 5.96 Å². The minimum absolute atomic E-state index is 0. The smallest absolute Gasteiger partial charge is 0.222 e. The van der Waals surface area contributed by atoms with Crippen molar-refractivity contribution in [3.05, 3.63) is 0 Å². The fourth-order valence-corrected chi connectivity index (χ4v) is 3.21. The third kappa shape index (κ3) is 11.2. The summed E-state index contributed by atoms with van der Waals surface area (Å²) in [6, 6.07) is 0. The van der Waals surface area contributed by atoms with Crippen LogP contribution in [0.5, 0.6) is 0 Å². The van der Waals surface area contributed by atoms with Crippen LogP contribution >= 0.6 is 24.0 Å². The Morgan fingerprint density at radius 2 is 1.85 bits per heavy atom. The quantitative estimate of drug-likeness (QED) is 0.184. The molecule has 1 heterocycles. The number of likely N-dealkylation sites (tertiary alicyclic amines) is 1. The van der Waals surface area contributed by atoms with Crippen LogP contribution in [0.2, 0.25) is 0 Å². The van der Waals surface area contributed by atoms with Crippen molar-refractivity contribution in [1.29, 1.82) is 0 Å². The van der Waals surface area contributed by atoms with Crippen molar-refractivity contribution >= 4 is 35.8 Å². The number of halogens is 1. The van der Waals surface area contributed by atoms with Crippen LogP contribution in [0.4, 0.5) is 0 Å². The second-order valence-corrected chi connectivity index (χ2v) is 6.72. The van der Waals surface area contributed by atoms with E-state index < -0.39 is 0 Å². The molecule has 0 aromatic carbocycles. The van der Waals surface area contributed by atoms with Gasteiger partial charge in [-0.15, -0.1) is 24.0 Å². The zero-order chi connectivity index (χ0) is 18.3. The van der Waals surface area contributed by atoms with Crippen molar-refractivity contribution in [2.24, 2.45) is 4.99 Å². The molecule has 0 aromatic rings. The van der Waals surface area contributed by atoms with Gasteiger partial charge in [-0.25, -0.2) is 0 Å². The zero-order valence-corrected chi connectivity index (χ0v) is 19.4. The Labute approximate surface area is 177 Å². The molecule has 6 nitrogen and oxygen atoms in total. The molecule has 0 atom stereocenters. The number of nitrogens with zero attached hydrogens (tertiary/aromatic N) is 3. The summed E-state index contributed by atoms with van der Waals surface area (Å²) in [5.41, 5.74) is 0. The van der Waals surface area contributed by atoms with E-state index in [1.165, 1.54) is 25.9 Å². The number of amides is 1. The Morgan fingerprint density at radius 1 is 1.12 bits per heavy atom. The van der Waals surface area contributed by atoms with Crippen molar-refractivity contribution in [2.45, 2.75) is 59.3 Å². The number of aliphatic imine (C=N–C) groups is 1. The third-order valence-electron chi connectivity index (χ3n) is 4.39. The monoisotopic (exact) mass is 481 g/mol. The third-order valence-corrected chi connectivity index (χ3v) is 4.39. The second-order valence-electron chi connectivity index (χ2n) is 6.72. The molecule has 26 heavy (non-hydrogen) atoms. The molecular formula is C19H40IN5O. The molecule has 0 saturated carbocycles. The molecule has 1 fully saturated rings. The van der Waals surface area contributed by atoms with E-state index >= 15 is 0 Å². The Hall–Kier alpha value is -0.570. The summed E-state index contributed by atoms with van der Waals surface area (Å²) in [4.78, 5) is 20.7. The minimum Gasteiger partial charge on any atom is -0.357 e. The molecule has 0 aliphatic carbocycles. The van der Waals surface area contributed by atoms with Gasteiger partial charge in [-0.3, -0.25) is 9.79 Å². The standard InChI is InChI=1S/C19H39N5O.HI/c1-4-13-23(14-5-2)15-8-11-21-19(20-6-3)22-12-9-17-24-16-7-10-18(24)25;/h4-17H2,1-3H3,(H2,20,21,22);1H. The zero-order valence-electron chi connectivity index (χ0n) is 17.1. The van der Waals surface area contributed by atoms with Gasteiger partial charge >= 0.3 is 0 Å². The SMILES string of the molecule is CCCN(CCC)CCCNC(=NCCCN1CCCC1=O)NCC.I. The average molecular weight is 481 g/mol. The van der Waals surface area contributed by atoms with E-state index in [1.807, 2.05) is 4.90 Å². The van der Waals surface area contributed by atoms with Gasteiger partial charge in [0, 0.05) is 39.1 Å². The molecule has 0 bridgehead atoms. The number of guanidine groups is 1. The Kier molecular flexibility index (Phi) is 16.2. The summed E-state index contributed by atoms with van der Waals surface area (Å²) >= 11 is 0. The molecule has 1 rings (SSSR count). The van der Waals surface area contributed by atoms with Crippen molar-refractivity contribution in [1.82, 2.24) is 20.4 Å². The van der Waals surface area contributed by atoms with Crippen molar-refractivity contribution in [3.63, 3.8) is 0 Å². The lowest BCUT2D eigenvalue weighted by Gasteiger charge is -2.21. The first-order chi connectivity index (χ1) is 12.2. The first-order valence-corrected chi connectivity index (χ1v) is 10.2. The maximum atomic E-state index is 11.6. The molecule has 0 radical (unpaired) electrons. The summed E-state index contributed by atoms with van der Waals surface area (Å²) in [6.07, 6.45) is 6.24. The van der Waals surface area contributed by atoms with Crippen LogP contribution in [0, 0.1) is 0 Å². The first-order valence-electron chi connectivity index (χ1n) is 10.2. The molecule has 154 valence electrons. The van der Waals surface area contributed by atoms with Gasteiger partial charge in [-0.2, -0.15) is 0 Å². The molecule has 0 spiro atoms. The van der Waals surface area contributed by atoms with Crippen LogP contribution in [0.1, 0.15) is 59.3 Å². The summed E-state index contributed by atoms with van der Waals surface area (Å²) < 4.78 is 0. The van der Waals surface area contributed by atoms with Gasteiger partial charge in [-0.05, 0) is 58.7 Å². The number of hydrogen-bond acceptors (Lipinski definition) is 3. The largest absolute Gasteiger partial charge is 0.357 e. The van der Waals surface area contributed by atoms with E-state index in [0.717, 1.165) is 70.9 Å². The first kappa shape index (κ1) is 25.4. The van der Waals surface area contributed by atoms with E-state index in [1.54, 1.807) is 0 Å². The number of hydrogen-bond donors (Lipinski definition) is 2. The molecule has 1 amide bonds. The molecule has 0 aromatic heterocycles. The van der Waals surface area contributed by atoms with Gasteiger partial charge in [0.05, 0.1) is 0 Å². The summed E-state index contributed by atoms with van der Waals surface area (Å²) in [7, 11) is 0. The van der Waals surface area contributed by atoms with Crippen LogP contribution < -0.4 is 10.6 Å². The molecule has 1 aliphatic rings. The van der Waals surface area contributed by atoms with Crippen LogP contribution in [0.3, 0.4) is 0 Å². The van der Waals surface area contributed by atoms with E-state index in [0.29, 0.717) is 5.91 Å². The van der Waals surface area contributed by atoms with Gasteiger partial charge in [0.2, 0.25) is 5.91 Å². The van der Waals surface area contributed by atoms with E-state index in [4.69, 9.17) is 0 Å². The van der Waals surface area contributed by atoms with Gasteiger partial charge in [-0.1, -0.05) is 13.8 Å². The fraction of sp³-hybridized carbons (Fsp3) is 0.895. The van der Waals surface area contributed by atoms with Crippen molar-refractivity contribution in [2.75, 3.05) is 52.4 Å². The van der Waals surface area contributed by atoms with Crippen LogP contribution in [-0.4, -0.2) is 74.0 Å². The van der Waals surface area contributed by atoms with Crippen LogP contribution in [0.15, 0.2) is 4.99 Å². The molecule has 1 saturated heterocycles. The number of carbonyl (C=O) groups excluding carboxylic acids is 1. The van der Waals surface area contributed by atoms with Gasteiger partial charge < -0.3 is 20.4 Å². The topological polar surface area (TPSA) is 60.0 Å². The second kappa shape index (κ2) is 16.6. The highest BCUT2D eigenvalue weighted by molar-refractivity contribution is 14.0. The minimum atomic E-state index is 0. The maximum absolute atomic E-state index is 11.6. The molecule has 1 aliphatic heterocycles. The highest BCUT2D eigenvalue weighted by Gasteiger charge is 2.18. The number of carbonyl (C=O) groups is 1. The Morgan fingerprint density at radius 3 is 2.42 bits per heavy atom. The van der Waals surface area contributed by atoms with Crippen LogP contribution in [0.25, 0.3) is 0 Å². The number of nitrogens with one attached hydrogen (secondary N) is 2. The van der Waals surface area contributed by atoms with E-state index in [-0.39, 0.29) is 24.0 Å². The fourth-order valence-electron chi connectivity index (χ4n) is 3.21. The predicted octanol–water partition coefficient (Wildman–Crippen LogP) is 2.68. The lowest BCUT2D eigenvalue weighted by molar-refractivity contribution is -0.127. The molecule has 0 unspecified atom stereocenters. The summed E-state index contributed by atoms with van der Waals surface area (Å²) in [6.45, 7) is 14.4. The summed E-state index contributed by atoms with van der Waals surface area (Å²) in [5, 5.41) is 6.73. The highest BCUT2D eigenvalue weighted by Crippen LogP contribution is 2.09. The average Bonchev–Trinajstić information content (AvgIpc) is 3.00. The predicted molar refractivity (Wildman–Crippen MR) is 121 cm³/mol. The van der Waals surface area contributed by atoms with Gasteiger partial charge in [0.1, 0.15) is 0 Å². The van der Waals surface area contributed by atoms with Crippen molar-refractivity contribution < 1.29 is 4.79 Å². The molecule has 2 N–H and O–H groups in total. The molecular weight excluding hydrogens is 441 g/mol. The lowest BCUT2D eigenvalue weighted by Crippen LogP contribution is -2.39. The van der Waals surface area contributed by atoms with E-state index in [9.17, 15) is 4.79 Å². The Balaban J connectivity index is 0.00000625. The van der Waals surface area contributed by atoms with Crippen molar-refractivity contribution in [3.8, 4) is 0 Å². The summed E-state index contributed by atoms with van der Waals surface area (Å²) in [5.74, 6) is 1.20.